The van der Waals surface area contributed by atoms with Crippen molar-refractivity contribution in [3.8, 4) is 0 Å². The molecular formula is C6H5F8LiO3S. The van der Waals surface area contributed by atoms with Crippen molar-refractivity contribution in [1.82, 2.24) is 0 Å². The van der Waals surface area contributed by atoms with Crippen LogP contribution in [0.4, 0.5) is 35.1 Å². The van der Waals surface area contributed by atoms with E-state index in [1.165, 1.54) is 0 Å². The summed E-state index contributed by atoms with van der Waals surface area (Å²) in [6, 6.07) is 0. The quantitative estimate of drug-likeness (QED) is 0.349. The first-order chi connectivity index (χ1) is 7.83. The molecule has 0 amide bonds. The summed E-state index contributed by atoms with van der Waals surface area (Å²) in [7, 11) is -6.37. The maximum atomic E-state index is 12.6. The standard InChI is InChI=1S/C6H6F8O3S.Li/c7-1(2(8)4(10)11)3(9)6(13,14)5(12)18(15,16)17;/h1-5H,(H,15,16,17);/q;+1/p-1. The van der Waals surface area contributed by atoms with Crippen LogP contribution in [0.25, 0.3) is 0 Å². The Kier molecular flexibility index (Phi) is 7.94. The molecule has 3 nitrogen and oxygen atoms in total. The predicted molar refractivity (Wildman–Crippen MR) is 40.2 cm³/mol. The maximum absolute atomic E-state index is 12.6. The molecule has 0 bridgehead atoms. The molecule has 0 radical (unpaired) electrons. The van der Waals surface area contributed by atoms with E-state index in [1.807, 2.05) is 0 Å². The average molecular weight is 316 g/mol. The summed E-state index contributed by atoms with van der Waals surface area (Å²) in [5.41, 5.74) is -4.72. The summed E-state index contributed by atoms with van der Waals surface area (Å²) in [6.45, 7) is 0. The summed E-state index contributed by atoms with van der Waals surface area (Å²) in [5, 5.41) is 0. The van der Waals surface area contributed by atoms with Gasteiger partial charge < -0.3 is 4.55 Å². The zero-order chi connectivity index (χ0) is 14.9. The number of halogens is 8. The van der Waals surface area contributed by atoms with Crippen LogP contribution in [0.2, 0.25) is 0 Å². The van der Waals surface area contributed by atoms with Crippen molar-refractivity contribution in [2.75, 3.05) is 0 Å². The van der Waals surface area contributed by atoms with Gasteiger partial charge in [0.05, 0.1) is 0 Å². The molecule has 0 fully saturated rings. The minimum absolute atomic E-state index is 0. The topological polar surface area (TPSA) is 57.2 Å². The third kappa shape index (κ3) is 5.09. The normalized spacial score (nSPS) is 19.5. The first-order valence-corrected chi connectivity index (χ1v) is 5.47. The molecule has 0 rings (SSSR count). The number of alkyl halides is 8. The predicted octanol–water partition coefficient (Wildman–Crippen LogP) is -1.25. The Labute approximate surface area is 114 Å². The Balaban J connectivity index is 0. The summed E-state index contributed by atoms with van der Waals surface area (Å²) in [5.74, 6) is -5.79. The van der Waals surface area contributed by atoms with Crippen LogP contribution in [-0.4, -0.2) is 49.3 Å². The molecule has 4 unspecified atom stereocenters. The van der Waals surface area contributed by atoms with Crippen LogP contribution in [0, 0.1) is 0 Å². The summed E-state index contributed by atoms with van der Waals surface area (Å²) >= 11 is 0. The van der Waals surface area contributed by atoms with Crippen molar-refractivity contribution in [3.05, 3.63) is 0 Å². The van der Waals surface area contributed by atoms with E-state index < -0.39 is 46.5 Å². The maximum Gasteiger partial charge on any atom is 1.00 e. The van der Waals surface area contributed by atoms with Gasteiger partial charge in [0.15, 0.2) is 12.3 Å². The fourth-order valence-corrected chi connectivity index (χ4v) is 1.35. The molecule has 110 valence electrons. The van der Waals surface area contributed by atoms with Crippen LogP contribution < -0.4 is 18.9 Å². The van der Waals surface area contributed by atoms with E-state index in [-0.39, 0.29) is 18.9 Å². The van der Waals surface area contributed by atoms with Crippen LogP contribution in [0.15, 0.2) is 0 Å². The van der Waals surface area contributed by atoms with Crippen molar-refractivity contribution >= 4 is 10.1 Å². The zero-order valence-electron chi connectivity index (χ0n) is 9.04. The van der Waals surface area contributed by atoms with Crippen molar-refractivity contribution < 1.29 is 67.0 Å². The number of hydrogen-bond acceptors (Lipinski definition) is 3. The molecule has 0 aromatic heterocycles. The zero-order valence-corrected chi connectivity index (χ0v) is 9.86. The molecule has 0 aliphatic heterocycles. The van der Waals surface area contributed by atoms with Crippen LogP contribution in [-0.2, 0) is 10.1 Å². The molecule has 13 heteroatoms. The molecule has 0 saturated heterocycles. The van der Waals surface area contributed by atoms with Gasteiger partial charge in [-0.1, -0.05) is 0 Å². The van der Waals surface area contributed by atoms with Gasteiger partial charge in [0.1, 0.15) is 10.1 Å². The minimum atomic E-state index is -6.37. The van der Waals surface area contributed by atoms with Crippen LogP contribution >= 0.6 is 0 Å². The monoisotopic (exact) mass is 316 g/mol. The van der Waals surface area contributed by atoms with E-state index in [0.717, 1.165) is 0 Å². The first-order valence-electron chi connectivity index (χ1n) is 4.00. The van der Waals surface area contributed by atoms with Crippen molar-refractivity contribution in [2.24, 2.45) is 0 Å². The minimum Gasteiger partial charge on any atom is -0.746 e. The fourth-order valence-electron chi connectivity index (χ4n) is 0.830. The SMILES string of the molecule is O=S(=O)([O-])C(F)C(F)(F)C(F)C(F)C(F)C(F)F.[Li+]. The average Bonchev–Trinajstić information content (AvgIpc) is 2.23. The van der Waals surface area contributed by atoms with Crippen molar-refractivity contribution in [1.29, 1.82) is 0 Å². The van der Waals surface area contributed by atoms with Gasteiger partial charge in [-0.05, 0) is 0 Å². The molecule has 0 spiro atoms. The summed E-state index contributed by atoms with van der Waals surface area (Å²) in [6.07, 6.45) is -17.0. The Morgan fingerprint density at radius 1 is 0.895 bits per heavy atom. The van der Waals surface area contributed by atoms with E-state index in [9.17, 15) is 48.1 Å². The molecule has 0 N–H and O–H groups in total. The van der Waals surface area contributed by atoms with E-state index >= 15 is 0 Å². The van der Waals surface area contributed by atoms with Gasteiger partial charge in [-0.25, -0.2) is 34.8 Å². The van der Waals surface area contributed by atoms with Gasteiger partial charge in [0.25, 0.3) is 11.9 Å². The second-order valence-corrected chi connectivity index (χ2v) is 4.51. The molecule has 0 heterocycles. The largest absolute Gasteiger partial charge is 1.00 e. The van der Waals surface area contributed by atoms with Crippen LogP contribution in [0.5, 0.6) is 0 Å². The molecule has 0 aromatic rings. The van der Waals surface area contributed by atoms with Gasteiger partial charge in [-0.3, -0.25) is 0 Å². The first kappa shape index (κ1) is 21.2. The molecular weight excluding hydrogens is 311 g/mol. The molecule has 4 atom stereocenters. The van der Waals surface area contributed by atoms with E-state index in [4.69, 9.17) is 0 Å². The van der Waals surface area contributed by atoms with E-state index in [2.05, 4.69) is 0 Å². The Hall–Kier alpha value is -0.0526. The van der Waals surface area contributed by atoms with Gasteiger partial charge in [0.2, 0.25) is 6.17 Å². The molecule has 0 aliphatic carbocycles. The third-order valence-electron chi connectivity index (χ3n) is 1.75. The Morgan fingerprint density at radius 3 is 1.53 bits per heavy atom. The van der Waals surface area contributed by atoms with Crippen LogP contribution in [0.3, 0.4) is 0 Å². The Morgan fingerprint density at radius 2 is 1.26 bits per heavy atom. The molecule has 19 heavy (non-hydrogen) atoms. The molecule has 0 aromatic carbocycles. The Bertz CT molecular complexity index is 377. The number of hydrogen-bond donors (Lipinski definition) is 0. The van der Waals surface area contributed by atoms with Gasteiger partial charge in [-0.15, -0.1) is 0 Å². The van der Waals surface area contributed by atoms with E-state index in [1.54, 1.807) is 0 Å². The smallest absolute Gasteiger partial charge is 0.746 e. The number of rotatable bonds is 6. The van der Waals surface area contributed by atoms with Crippen molar-refractivity contribution in [2.45, 2.75) is 36.4 Å². The summed E-state index contributed by atoms with van der Waals surface area (Å²) in [4.78, 5) is 0. The second-order valence-electron chi connectivity index (χ2n) is 3.11. The summed E-state index contributed by atoms with van der Waals surface area (Å²) < 4.78 is 128. The second kappa shape index (κ2) is 7.10. The van der Waals surface area contributed by atoms with Gasteiger partial charge in [-0.2, -0.15) is 8.78 Å². The van der Waals surface area contributed by atoms with E-state index in [0.29, 0.717) is 0 Å². The van der Waals surface area contributed by atoms with Gasteiger partial charge >= 0.3 is 24.8 Å². The third-order valence-corrected chi connectivity index (χ3v) is 2.57. The molecule has 0 aliphatic rings. The van der Waals surface area contributed by atoms with Gasteiger partial charge in [0, 0.05) is 0 Å². The van der Waals surface area contributed by atoms with Crippen LogP contribution in [0.1, 0.15) is 0 Å². The fraction of sp³-hybridized carbons (Fsp3) is 1.00. The van der Waals surface area contributed by atoms with Crippen molar-refractivity contribution in [3.63, 3.8) is 0 Å². The molecule has 0 saturated carbocycles.